The van der Waals surface area contributed by atoms with Crippen LogP contribution in [-0.4, -0.2) is 37.6 Å². The highest BCUT2D eigenvalue weighted by Gasteiger charge is 2.36. The van der Waals surface area contributed by atoms with Crippen molar-refractivity contribution in [2.45, 2.75) is 39.7 Å². The number of rotatable bonds is 4. The summed E-state index contributed by atoms with van der Waals surface area (Å²) in [6.07, 6.45) is 5.53. The summed E-state index contributed by atoms with van der Waals surface area (Å²) in [5.41, 5.74) is 2.86. The van der Waals surface area contributed by atoms with Crippen molar-refractivity contribution in [2.24, 2.45) is 5.92 Å². The van der Waals surface area contributed by atoms with Crippen LogP contribution < -0.4 is 10.5 Å². The highest BCUT2D eigenvalue weighted by molar-refractivity contribution is 8.26. The average Bonchev–Trinajstić information content (AvgIpc) is 3.14. The molecule has 3 aromatic rings. The number of carbonyl (C=O) groups is 1. The number of pyridine rings is 1. The fraction of sp³-hybridized carbons (Fsp3) is 0.333. The van der Waals surface area contributed by atoms with Crippen molar-refractivity contribution in [2.75, 3.05) is 18.0 Å². The lowest BCUT2D eigenvalue weighted by Crippen LogP contribution is -2.36. The van der Waals surface area contributed by atoms with E-state index in [1.807, 2.05) is 56.3 Å². The van der Waals surface area contributed by atoms with Crippen molar-refractivity contribution < 1.29 is 4.79 Å². The largest absolute Gasteiger partial charge is 0.356 e. The van der Waals surface area contributed by atoms with Crippen LogP contribution in [0.1, 0.15) is 49.4 Å². The van der Waals surface area contributed by atoms with Crippen molar-refractivity contribution in [3.05, 3.63) is 80.6 Å². The maximum absolute atomic E-state index is 13.7. The first-order valence-electron chi connectivity index (χ1n) is 11.9. The third-order valence-electron chi connectivity index (χ3n) is 6.92. The SMILES string of the molecule is Cc1cccn2c(=O)c(C=C3SC(=S)N(C(C)c4ccccc4)C3=O)c(N3CCC(C)CC3)nc12. The number of thioether (sulfide) groups is 1. The number of piperidine rings is 1. The Bertz CT molecular complexity index is 1390. The zero-order valence-corrected chi connectivity index (χ0v) is 21.7. The second kappa shape index (κ2) is 9.59. The van der Waals surface area contributed by atoms with Crippen molar-refractivity contribution >= 4 is 51.7 Å². The van der Waals surface area contributed by atoms with Gasteiger partial charge in [0.2, 0.25) is 0 Å². The second-order valence-electron chi connectivity index (χ2n) is 9.35. The zero-order chi connectivity index (χ0) is 24.7. The number of aryl methyl sites for hydroxylation is 1. The maximum atomic E-state index is 13.7. The van der Waals surface area contributed by atoms with Gasteiger partial charge in [-0.05, 0) is 55.9 Å². The summed E-state index contributed by atoms with van der Waals surface area (Å²) >= 11 is 6.85. The number of aromatic nitrogens is 2. The quantitative estimate of drug-likeness (QED) is 0.360. The van der Waals surface area contributed by atoms with Crippen LogP contribution in [0, 0.1) is 12.8 Å². The van der Waals surface area contributed by atoms with Crippen molar-refractivity contribution in [3.8, 4) is 0 Å². The Labute approximate surface area is 214 Å². The fourth-order valence-electron chi connectivity index (χ4n) is 4.71. The molecule has 35 heavy (non-hydrogen) atoms. The summed E-state index contributed by atoms with van der Waals surface area (Å²) in [6, 6.07) is 13.4. The van der Waals surface area contributed by atoms with Crippen LogP contribution >= 0.6 is 24.0 Å². The Morgan fingerprint density at radius 3 is 2.54 bits per heavy atom. The van der Waals surface area contributed by atoms with Crippen LogP contribution in [0.4, 0.5) is 5.82 Å². The molecule has 8 heteroatoms. The minimum atomic E-state index is -0.198. The Morgan fingerprint density at radius 2 is 1.83 bits per heavy atom. The average molecular weight is 505 g/mol. The van der Waals surface area contributed by atoms with Gasteiger partial charge < -0.3 is 4.90 Å². The molecule has 2 saturated heterocycles. The number of nitrogens with zero attached hydrogens (tertiary/aromatic N) is 4. The molecular formula is C27H28N4O2S2. The van der Waals surface area contributed by atoms with Crippen LogP contribution in [0.25, 0.3) is 11.7 Å². The van der Waals surface area contributed by atoms with E-state index in [0.717, 1.165) is 37.1 Å². The molecule has 0 radical (unpaired) electrons. The Kier molecular flexibility index (Phi) is 6.51. The van der Waals surface area contributed by atoms with Crippen molar-refractivity contribution in [3.63, 3.8) is 0 Å². The monoisotopic (exact) mass is 504 g/mol. The number of carbonyl (C=O) groups excluding carboxylic acids is 1. The number of fused-ring (bicyclic) bond motifs is 1. The summed E-state index contributed by atoms with van der Waals surface area (Å²) in [5.74, 6) is 1.12. The van der Waals surface area contributed by atoms with E-state index >= 15 is 0 Å². The molecule has 2 aromatic heterocycles. The molecule has 5 rings (SSSR count). The van der Waals surface area contributed by atoms with Gasteiger partial charge in [0, 0.05) is 19.3 Å². The molecule has 1 aromatic carbocycles. The van der Waals surface area contributed by atoms with Crippen molar-refractivity contribution in [1.82, 2.24) is 14.3 Å². The van der Waals surface area contributed by atoms with E-state index in [1.165, 1.54) is 11.8 Å². The van der Waals surface area contributed by atoms with Crippen LogP contribution in [-0.2, 0) is 4.79 Å². The molecule has 0 N–H and O–H groups in total. The second-order valence-corrected chi connectivity index (χ2v) is 11.0. The molecule has 0 saturated carbocycles. The number of thiocarbonyl (C=S) groups is 1. The van der Waals surface area contributed by atoms with Gasteiger partial charge in [-0.25, -0.2) is 4.98 Å². The Balaban J connectivity index is 1.60. The van der Waals surface area contributed by atoms with Crippen LogP contribution in [0.5, 0.6) is 0 Å². The smallest absolute Gasteiger partial charge is 0.267 e. The zero-order valence-electron chi connectivity index (χ0n) is 20.1. The number of amides is 1. The van der Waals surface area contributed by atoms with E-state index in [-0.39, 0.29) is 17.5 Å². The van der Waals surface area contributed by atoms with Gasteiger partial charge in [0.15, 0.2) is 0 Å². The first-order chi connectivity index (χ1) is 16.8. The van der Waals surface area contributed by atoms with E-state index in [1.54, 1.807) is 21.6 Å². The van der Waals surface area contributed by atoms with Crippen LogP contribution in [0.15, 0.2) is 58.4 Å². The lowest BCUT2D eigenvalue weighted by Gasteiger charge is -2.32. The molecule has 1 amide bonds. The van der Waals surface area contributed by atoms with E-state index in [2.05, 4.69) is 11.8 Å². The number of anilines is 1. The molecule has 1 unspecified atom stereocenters. The Hall–Kier alpha value is -2.97. The third kappa shape index (κ3) is 4.41. The van der Waals surface area contributed by atoms with E-state index in [0.29, 0.717) is 32.2 Å². The van der Waals surface area contributed by atoms with Gasteiger partial charge in [-0.1, -0.05) is 67.3 Å². The molecule has 0 aliphatic carbocycles. The Morgan fingerprint density at radius 1 is 1.11 bits per heavy atom. The van der Waals surface area contributed by atoms with Crippen LogP contribution in [0.3, 0.4) is 0 Å². The topological polar surface area (TPSA) is 57.9 Å². The molecular weight excluding hydrogens is 476 g/mol. The molecule has 2 aliphatic heterocycles. The number of hydrogen-bond donors (Lipinski definition) is 0. The summed E-state index contributed by atoms with van der Waals surface area (Å²) in [5, 5.41) is 0. The molecule has 0 spiro atoms. The molecule has 0 bridgehead atoms. The molecule has 1 atom stereocenters. The van der Waals surface area contributed by atoms with Gasteiger partial charge in [-0.3, -0.25) is 18.9 Å². The van der Waals surface area contributed by atoms with Crippen LogP contribution in [0.2, 0.25) is 0 Å². The highest BCUT2D eigenvalue weighted by Crippen LogP contribution is 2.38. The predicted molar refractivity (Wildman–Crippen MR) is 147 cm³/mol. The van der Waals surface area contributed by atoms with E-state index in [9.17, 15) is 9.59 Å². The highest BCUT2D eigenvalue weighted by atomic mass is 32.2. The minimum Gasteiger partial charge on any atom is -0.356 e. The van der Waals surface area contributed by atoms with Gasteiger partial charge >= 0.3 is 0 Å². The van der Waals surface area contributed by atoms with E-state index in [4.69, 9.17) is 17.2 Å². The van der Waals surface area contributed by atoms with E-state index < -0.39 is 0 Å². The first kappa shape index (κ1) is 23.8. The van der Waals surface area contributed by atoms with Gasteiger partial charge in [0.25, 0.3) is 11.5 Å². The standard InChI is InChI=1S/C27H28N4O2S2/c1-17-11-14-29(15-12-17)24-21(25(32)30-13-7-8-18(2)23(30)28-24)16-22-26(33)31(27(34)35-22)19(3)20-9-5-4-6-10-20/h4-10,13,16-17,19H,11-12,14-15H2,1-3H3. The maximum Gasteiger partial charge on any atom is 0.267 e. The van der Waals surface area contributed by atoms with Gasteiger partial charge in [-0.2, -0.15) is 0 Å². The summed E-state index contributed by atoms with van der Waals surface area (Å²) in [4.78, 5) is 36.4. The first-order valence-corrected chi connectivity index (χ1v) is 13.2. The summed E-state index contributed by atoms with van der Waals surface area (Å²) in [7, 11) is 0. The summed E-state index contributed by atoms with van der Waals surface area (Å²) < 4.78 is 2.07. The lowest BCUT2D eigenvalue weighted by molar-refractivity contribution is -0.123. The third-order valence-corrected chi connectivity index (χ3v) is 8.25. The molecule has 6 nitrogen and oxygen atoms in total. The normalized spacial score (nSPS) is 19.2. The molecule has 180 valence electrons. The predicted octanol–water partition coefficient (Wildman–Crippen LogP) is 5.20. The van der Waals surface area contributed by atoms with Gasteiger partial charge in [0.05, 0.1) is 16.5 Å². The van der Waals surface area contributed by atoms with Gasteiger partial charge in [-0.15, -0.1) is 0 Å². The van der Waals surface area contributed by atoms with Gasteiger partial charge in [0.1, 0.15) is 15.8 Å². The fourth-order valence-corrected chi connectivity index (χ4v) is 6.11. The van der Waals surface area contributed by atoms with Crippen molar-refractivity contribution in [1.29, 1.82) is 0 Å². The number of benzene rings is 1. The molecule has 4 heterocycles. The minimum absolute atomic E-state index is 0.173. The molecule has 2 aliphatic rings. The number of hydrogen-bond acceptors (Lipinski definition) is 6. The summed E-state index contributed by atoms with van der Waals surface area (Å²) in [6.45, 7) is 7.85. The molecule has 2 fully saturated rings. The lowest BCUT2D eigenvalue weighted by atomic mass is 9.99.